The quantitative estimate of drug-likeness (QED) is 0.748. The van der Waals surface area contributed by atoms with Gasteiger partial charge < -0.3 is 9.80 Å². The van der Waals surface area contributed by atoms with Crippen molar-refractivity contribution in [3.8, 4) is 0 Å². The molecule has 0 unspecified atom stereocenters. The lowest BCUT2D eigenvalue weighted by Crippen LogP contribution is -2.55. The van der Waals surface area contributed by atoms with Gasteiger partial charge in [-0.3, -0.25) is 24.4 Å². The Balaban J connectivity index is 1.24. The van der Waals surface area contributed by atoms with Crippen LogP contribution in [0, 0.1) is 5.92 Å². The predicted molar refractivity (Wildman–Crippen MR) is 116 cm³/mol. The molecule has 1 aromatic rings. The highest BCUT2D eigenvalue weighted by Crippen LogP contribution is 2.26. The van der Waals surface area contributed by atoms with Gasteiger partial charge in [-0.1, -0.05) is 0 Å². The molecule has 2 amide bonds. The van der Waals surface area contributed by atoms with Crippen molar-refractivity contribution in [1.29, 1.82) is 0 Å². The van der Waals surface area contributed by atoms with Crippen LogP contribution in [0.15, 0.2) is 24.5 Å². The molecule has 4 rings (SSSR count). The van der Waals surface area contributed by atoms with Gasteiger partial charge in [-0.05, 0) is 63.0 Å². The second-order valence-electron chi connectivity index (χ2n) is 9.03. The van der Waals surface area contributed by atoms with Crippen molar-refractivity contribution < 1.29 is 9.59 Å². The monoisotopic (exact) mass is 413 g/mol. The number of rotatable bonds is 4. The fraction of sp³-hybridized carbons (Fsp3) is 0.696. The fourth-order valence-electron chi connectivity index (χ4n) is 5.23. The zero-order valence-corrected chi connectivity index (χ0v) is 18.2. The van der Waals surface area contributed by atoms with Crippen LogP contribution in [0.25, 0.3) is 0 Å². The molecule has 0 saturated carbocycles. The minimum Gasteiger partial charge on any atom is -0.339 e. The van der Waals surface area contributed by atoms with Crippen molar-refractivity contribution in [3.63, 3.8) is 0 Å². The first kappa shape index (κ1) is 21.2. The largest absolute Gasteiger partial charge is 0.339 e. The normalized spacial score (nSPS) is 24.8. The first-order valence-electron chi connectivity index (χ1n) is 11.5. The van der Waals surface area contributed by atoms with Crippen molar-refractivity contribution in [2.75, 3.05) is 52.4 Å². The number of amides is 2. The highest BCUT2D eigenvalue weighted by atomic mass is 16.2. The van der Waals surface area contributed by atoms with Crippen LogP contribution >= 0.6 is 0 Å². The van der Waals surface area contributed by atoms with Gasteiger partial charge in [0.1, 0.15) is 0 Å². The van der Waals surface area contributed by atoms with E-state index in [4.69, 9.17) is 0 Å². The van der Waals surface area contributed by atoms with Crippen LogP contribution in [0.5, 0.6) is 0 Å². The summed E-state index contributed by atoms with van der Waals surface area (Å²) in [6.07, 6.45) is 8.22. The summed E-state index contributed by atoms with van der Waals surface area (Å²) in [5.74, 6) is 0.539. The standard InChI is InChI=1S/C23H35N5O2/c1-19(29)26-13-15-27(16-14-26)23(30)21-3-2-10-28(18-21)22-6-11-25(12-7-22)17-20-4-8-24-9-5-20/h4-5,8-9,21-22H,2-3,6-7,10-18H2,1H3/t21-/m1/s1. The molecule has 30 heavy (non-hydrogen) atoms. The van der Waals surface area contributed by atoms with Gasteiger partial charge in [0.2, 0.25) is 11.8 Å². The predicted octanol–water partition coefficient (Wildman–Crippen LogP) is 1.45. The highest BCUT2D eigenvalue weighted by molar-refractivity contribution is 5.80. The van der Waals surface area contributed by atoms with E-state index >= 15 is 0 Å². The van der Waals surface area contributed by atoms with Crippen LogP contribution in [0.4, 0.5) is 0 Å². The Hall–Kier alpha value is -1.99. The van der Waals surface area contributed by atoms with Crippen LogP contribution in [-0.4, -0.2) is 94.8 Å². The van der Waals surface area contributed by atoms with Crippen LogP contribution in [0.1, 0.15) is 38.2 Å². The number of likely N-dealkylation sites (tertiary alicyclic amines) is 2. The summed E-state index contributed by atoms with van der Waals surface area (Å²) < 4.78 is 0. The lowest BCUT2D eigenvalue weighted by Gasteiger charge is -2.43. The number of hydrogen-bond donors (Lipinski definition) is 0. The number of pyridine rings is 1. The number of carbonyl (C=O) groups excluding carboxylic acids is 2. The van der Waals surface area contributed by atoms with Crippen LogP contribution in [0.2, 0.25) is 0 Å². The molecule has 3 aliphatic heterocycles. The molecule has 7 heteroatoms. The number of aromatic nitrogens is 1. The van der Waals surface area contributed by atoms with Crippen LogP contribution < -0.4 is 0 Å². The van der Waals surface area contributed by atoms with E-state index in [1.807, 2.05) is 22.2 Å². The third-order valence-corrected chi connectivity index (χ3v) is 7.07. The number of carbonyl (C=O) groups is 2. The molecule has 7 nitrogen and oxygen atoms in total. The number of hydrogen-bond acceptors (Lipinski definition) is 5. The van der Waals surface area contributed by atoms with Gasteiger partial charge >= 0.3 is 0 Å². The zero-order valence-electron chi connectivity index (χ0n) is 18.2. The van der Waals surface area contributed by atoms with Crippen molar-refractivity contribution in [2.45, 2.75) is 45.2 Å². The number of piperazine rings is 1. The van der Waals surface area contributed by atoms with Crippen molar-refractivity contribution in [1.82, 2.24) is 24.6 Å². The molecule has 1 atom stereocenters. The van der Waals surface area contributed by atoms with E-state index < -0.39 is 0 Å². The molecule has 3 aliphatic rings. The topological polar surface area (TPSA) is 60.0 Å². The number of nitrogens with zero attached hydrogens (tertiary/aromatic N) is 5. The first-order valence-corrected chi connectivity index (χ1v) is 11.5. The molecule has 0 aliphatic carbocycles. The van der Waals surface area contributed by atoms with E-state index in [-0.39, 0.29) is 11.8 Å². The van der Waals surface area contributed by atoms with E-state index in [0.29, 0.717) is 38.1 Å². The van der Waals surface area contributed by atoms with E-state index in [9.17, 15) is 9.59 Å². The van der Waals surface area contributed by atoms with Gasteiger partial charge in [0.25, 0.3) is 0 Å². The third kappa shape index (κ3) is 5.19. The summed E-state index contributed by atoms with van der Waals surface area (Å²) in [6, 6.07) is 4.80. The summed E-state index contributed by atoms with van der Waals surface area (Å²) in [5.41, 5.74) is 1.33. The summed E-state index contributed by atoms with van der Waals surface area (Å²) in [5, 5.41) is 0. The maximum absolute atomic E-state index is 13.1. The van der Waals surface area contributed by atoms with Crippen molar-refractivity contribution in [2.24, 2.45) is 5.92 Å². The molecule has 0 N–H and O–H groups in total. The molecule has 0 aromatic carbocycles. The van der Waals surface area contributed by atoms with Gasteiger partial charge in [-0.25, -0.2) is 0 Å². The minimum absolute atomic E-state index is 0.112. The van der Waals surface area contributed by atoms with Gasteiger partial charge in [-0.15, -0.1) is 0 Å². The molecule has 164 valence electrons. The van der Waals surface area contributed by atoms with E-state index in [1.54, 1.807) is 6.92 Å². The Morgan fingerprint density at radius 3 is 2.27 bits per heavy atom. The Labute approximate surface area is 180 Å². The van der Waals surface area contributed by atoms with Gasteiger partial charge in [0, 0.05) is 64.6 Å². The summed E-state index contributed by atoms with van der Waals surface area (Å²) >= 11 is 0. The van der Waals surface area contributed by atoms with Gasteiger partial charge in [0.05, 0.1) is 5.92 Å². The molecular formula is C23H35N5O2. The molecular weight excluding hydrogens is 378 g/mol. The average molecular weight is 414 g/mol. The second kappa shape index (κ2) is 9.88. The maximum atomic E-state index is 13.1. The Morgan fingerprint density at radius 2 is 1.60 bits per heavy atom. The number of piperidine rings is 2. The molecule has 0 radical (unpaired) electrons. The van der Waals surface area contributed by atoms with Gasteiger partial charge in [0.15, 0.2) is 0 Å². The molecule has 3 fully saturated rings. The summed E-state index contributed by atoms with van der Waals surface area (Å²) in [6.45, 7) is 9.59. The zero-order chi connectivity index (χ0) is 20.9. The Morgan fingerprint density at radius 1 is 0.933 bits per heavy atom. The summed E-state index contributed by atoms with van der Waals surface area (Å²) in [4.78, 5) is 37.7. The Kier molecular flexibility index (Phi) is 7.00. The summed E-state index contributed by atoms with van der Waals surface area (Å²) in [7, 11) is 0. The lowest BCUT2D eigenvalue weighted by molar-refractivity contribution is -0.143. The highest BCUT2D eigenvalue weighted by Gasteiger charge is 2.34. The molecule has 3 saturated heterocycles. The van der Waals surface area contributed by atoms with Crippen LogP contribution in [0.3, 0.4) is 0 Å². The minimum atomic E-state index is 0.112. The lowest BCUT2D eigenvalue weighted by atomic mass is 9.92. The smallest absolute Gasteiger partial charge is 0.227 e. The van der Waals surface area contributed by atoms with Gasteiger partial charge in [-0.2, -0.15) is 0 Å². The van der Waals surface area contributed by atoms with Crippen molar-refractivity contribution >= 4 is 11.8 Å². The molecule has 0 spiro atoms. The SMILES string of the molecule is CC(=O)N1CCN(C(=O)[C@@H]2CCCN(C3CCN(Cc4ccncc4)CC3)C2)CC1. The molecule has 4 heterocycles. The first-order chi connectivity index (χ1) is 14.6. The molecule has 1 aromatic heterocycles. The van der Waals surface area contributed by atoms with E-state index in [1.165, 1.54) is 18.4 Å². The fourth-order valence-corrected chi connectivity index (χ4v) is 5.23. The van der Waals surface area contributed by atoms with Crippen molar-refractivity contribution in [3.05, 3.63) is 30.1 Å². The Bertz CT molecular complexity index is 712. The third-order valence-electron chi connectivity index (χ3n) is 7.07. The van der Waals surface area contributed by atoms with E-state index in [0.717, 1.165) is 45.6 Å². The van der Waals surface area contributed by atoms with Crippen LogP contribution in [-0.2, 0) is 16.1 Å². The average Bonchev–Trinajstić information content (AvgIpc) is 2.80. The maximum Gasteiger partial charge on any atom is 0.227 e. The van der Waals surface area contributed by atoms with E-state index in [2.05, 4.69) is 26.9 Å². The molecule has 0 bridgehead atoms. The second-order valence-corrected chi connectivity index (χ2v) is 9.03.